The summed E-state index contributed by atoms with van der Waals surface area (Å²) in [6.45, 7) is 5.75. The number of aliphatic hydroxyl groups excluding tert-OH is 1. The third-order valence-electron chi connectivity index (χ3n) is 4.26. The summed E-state index contributed by atoms with van der Waals surface area (Å²) in [6.07, 6.45) is 0.182. The molecule has 0 aromatic rings. The second-order valence-electron chi connectivity index (χ2n) is 5.72. The minimum atomic E-state index is -1.19. The van der Waals surface area contributed by atoms with Crippen molar-refractivity contribution in [1.82, 2.24) is 5.32 Å². The van der Waals surface area contributed by atoms with Crippen molar-refractivity contribution in [2.45, 2.75) is 51.3 Å². The highest BCUT2D eigenvalue weighted by atomic mass is 16.5. The Labute approximate surface area is 118 Å². The molecule has 1 amide bonds. The van der Waals surface area contributed by atoms with Crippen LogP contribution < -0.4 is 11.1 Å². The van der Waals surface area contributed by atoms with Gasteiger partial charge in [-0.15, -0.1) is 0 Å². The van der Waals surface area contributed by atoms with Crippen LogP contribution >= 0.6 is 0 Å². The number of carbonyl (C=O) groups excluding carboxylic acids is 1. The van der Waals surface area contributed by atoms with Gasteiger partial charge in [0.25, 0.3) is 0 Å². The molecule has 0 bridgehead atoms. The van der Waals surface area contributed by atoms with E-state index in [1.165, 1.54) is 0 Å². The van der Waals surface area contributed by atoms with Crippen LogP contribution in [0.5, 0.6) is 0 Å². The van der Waals surface area contributed by atoms with E-state index in [1.54, 1.807) is 0 Å². The third kappa shape index (κ3) is 2.79. The molecule has 20 heavy (non-hydrogen) atoms. The van der Waals surface area contributed by atoms with Crippen LogP contribution in [-0.4, -0.2) is 53.0 Å². The Bertz CT molecular complexity index is 385. The normalized spacial score (nSPS) is 29.4. The molecule has 7 heteroatoms. The van der Waals surface area contributed by atoms with Crippen molar-refractivity contribution in [2.75, 3.05) is 13.2 Å². The fraction of sp³-hybridized carbons (Fsp3) is 0.846. The molecule has 0 saturated heterocycles. The standard InChI is InChI=1S/C13H24N2O5/c1-4-20-9-7-13(14,12(9,2)3)11(19)15-8(5-6-16)10(17)18/h8-9,16H,4-7,14H2,1-3H3,(H,15,19)(H,17,18)/t8-,9?,13?/m0/s1. The smallest absolute Gasteiger partial charge is 0.326 e. The van der Waals surface area contributed by atoms with Gasteiger partial charge in [0.2, 0.25) is 5.91 Å². The molecule has 2 unspecified atom stereocenters. The molecular weight excluding hydrogens is 264 g/mol. The number of rotatable bonds is 7. The number of aliphatic hydroxyl groups is 1. The number of aliphatic carboxylic acids is 1. The van der Waals surface area contributed by atoms with E-state index in [0.717, 1.165) is 0 Å². The number of hydrogen-bond acceptors (Lipinski definition) is 5. The largest absolute Gasteiger partial charge is 0.480 e. The van der Waals surface area contributed by atoms with E-state index in [-0.39, 0.29) is 19.1 Å². The van der Waals surface area contributed by atoms with E-state index >= 15 is 0 Å². The van der Waals surface area contributed by atoms with Crippen LogP contribution in [-0.2, 0) is 14.3 Å². The Kier molecular flexibility index (Phi) is 5.12. The number of nitrogens with two attached hydrogens (primary N) is 1. The van der Waals surface area contributed by atoms with Crippen LogP contribution in [0.25, 0.3) is 0 Å². The maximum atomic E-state index is 12.3. The van der Waals surface area contributed by atoms with Crippen molar-refractivity contribution in [3.8, 4) is 0 Å². The zero-order valence-corrected chi connectivity index (χ0v) is 12.2. The van der Waals surface area contributed by atoms with Crippen molar-refractivity contribution in [3.63, 3.8) is 0 Å². The average molecular weight is 288 g/mol. The van der Waals surface area contributed by atoms with Gasteiger partial charge in [-0.1, -0.05) is 13.8 Å². The Balaban J connectivity index is 2.75. The van der Waals surface area contributed by atoms with Gasteiger partial charge in [0.05, 0.1) is 6.10 Å². The maximum absolute atomic E-state index is 12.3. The number of carbonyl (C=O) groups is 2. The summed E-state index contributed by atoms with van der Waals surface area (Å²) in [5.41, 5.74) is 4.41. The Morgan fingerprint density at radius 2 is 2.10 bits per heavy atom. The highest BCUT2D eigenvalue weighted by molar-refractivity contribution is 5.92. The number of amides is 1. The zero-order valence-electron chi connectivity index (χ0n) is 12.2. The minimum Gasteiger partial charge on any atom is -0.480 e. The Morgan fingerprint density at radius 1 is 1.50 bits per heavy atom. The van der Waals surface area contributed by atoms with E-state index in [1.807, 2.05) is 20.8 Å². The topological polar surface area (TPSA) is 122 Å². The third-order valence-corrected chi connectivity index (χ3v) is 4.26. The molecule has 116 valence electrons. The molecule has 7 nitrogen and oxygen atoms in total. The first-order valence-corrected chi connectivity index (χ1v) is 6.75. The summed E-state index contributed by atoms with van der Waals surface area (Å²) in [4.78, 5) is 23.3. The van der Waals surface area contributed by atoms with E-state index in [0.29, 0.717) is 13.0 Å². The molecule has 1 aliphatic carbocycles. The van der Waals surface area contributed by atoms with E-state index in [2.05, 4.69) is 5.32 Å². The van der Waals surface area contributed by atoms with Gasteiger partial charge in [0, 0.05) is 31.5 Å². The summed E-state index contributed by atoms with van der Waals surface area (Å²) >= 11 is 0. The lowest BCUT2D eigenvalue weighted by atomic mass is 9.54. The highest BCUT2D eigenvalue weighted by Gasteiger charge is 2.63. The van der Waals surface area contributed by atoms with Gasteiger partial charge in [-0.25, -0.2) is 4.79 Å². The fourth-order valence-corrected chi connectivity index (χ4v) is 2.49. The Morgan fingerprint density at radius 3 is 2.50 bits per heavy atom. The molecule has 3 atom stereocenters. The molecule has 0 spiro atoms. The Hall–Kier alpha value is -1.18. The number of hydrogen-bond donors (Lipinski definition) is 4. The number of carboxylic acids is 1. The molecule has 1 fully saturated rings. The van der Waals surface area contributed by atoms with Crippen molar-refractivity contribution in [3.05, 3.63) is 0 Å². The lowest BCUT2D eigenvalue weighted by molar-refractivity contribution is -0.172. The zero-order chi connectivity index (χ0) is 15.6. The highest BCUT2D eigenvalue weighted by Crippen LogP contribution is 2.49. The van der Waals surface area contributed by atoms with Gasteiger partial charge in [0.15, 0.2) is 0 Å². The predicted molar refractivity (Wildman–Crippen MR) is 72.0 cm³/mol. The van der Waals surface area contributed by atoms with Crippen molar-refractivity contribution < 1.29 is 24.5 Å². The SMILES string of the molecule is CCOC1CC(N)(C(=O)N[C@@H](CCO)C(=O)O)C1(C)C. The molecule has 0 radical (unpaired) electrons. The first-order chi connectivity index (χ1) is 9.20. The summed E-state index contributed by atoms with van der Waals surface area (Å²) in [5.74, 6) is -1.70. The van der Waals surface area contributed by atoms with Gasteiger partial charge in [-0.2, -0.15) is 0 Å². The maximum Gasteiger partial charge on any atom is 0.326 e. The summed E-state index contributed by atoms with van der Waals surface area (Å²) in [7, 11) is 0. The van der Waals surface area contributed by atoms with Gasteiger partial charge in [-0.3, -0.25) is 4.79 Å². The lowest BCUT2D eigenvalue weighted by Crippen LogP contribution is -2.76. The van der Waals surface area contributed by atoms with E-state index in [4.69, 9.17) is 20.7 Å². The summed E-state index contributed by atoms with van der Waals surface area (Å²) < 4.78 is 5.52. The molecular formula is C13H24N2O5. The van der Waals surface area contributed by atoms with Crippen LogP contribution in [0, 0.1) is 5.41 Å². The fourth-order valence-electron chi connectivity index (χ4n) is 2.49. The summed E-state index contributed by atoms with van der Waals surface area (Å²) in [6, 6.07) is -1.13. The van der Waals surface area contributed by atoms with Gasteiger partial charge in [0.1, 0.15) is 11.6 Å². The van der Waals surface area contributed by atoms with Gasteiger partial charge >= 0.3 is 5.97 Å². The van der Waals surface area contributed by atoms with Crippen LogP contribution in [0.4, 0.5) is 0 Å². The number of ether oxygens (including phenoxy) is 1. The molecule has 0 aromatic heterocycles. The molecule has 0 aliphatic heterocycles. The van der Waals surface area contributed by atoms with Gasteiger partial charge in [-0.05, 0) is 6.92 Å². The molecule has 0 heterocycles. The van der Waals surface area contributed by atoms with Crippen LogP contribution in [0.2, 0.25) is 0 Å². The second kappa shape index (κ2) is 6.07. The number of carboxylic acid groups (broad SMARTS) is 1. The van der Waals surface area contributed by atoms with Crippen LogP contribution in [0.1, 0.15) is 33.6 Å². The van der Waals surface area contributed by atoms with Crippen LogP contribution in [0.15, 0.2) is 0 Å². The molecule has 5 N–H and O–H groups in total. The first kappa shape index (κ1) is 16.9. The van der Waals surface area contributed by atoms with Crippen molar-refractivity contribution >= 4 is 11.9 Å². The van der Waals surface area contributed by atoms with E-state index < -0.39 is 28.9 Å². The first-order valence-electron chi connectivity index (χ1n) is 6.75. The van der Waals surface area contributed by atoms with Crippen molar-refractivity contribution in [1.29, 1.82) is 0 Å². The second-order valence-corrected chi connectivity index (χ2v) is 5.72. The average Bonchev–Trinajstić information content (AvgIpc) is 2.37. The van der Waals surface area contributed by atoms with Crippen molar-refractivity contribution in [2.24, 2.45) is 11.1 Å². The lowest BCUT2D eigenvalue weighted by Gasteiger charge is -2.57. The molecule has 1 aliphatic rings. The monoisotopic (exact) mass is 288 g/mol. The van der Waals surface area contributed by atoms with Crippen LogP contribution in [0.3, 0.4) is 0 Å². The molecule has 1 saturated carbocycles. The minimum absolute atomic E-state index is 0.0491. The van der Waals surface area contributed by atoms with E-state index in [9.17, 15) is 9.59 Å². The molecule has 1 rings (SSSR count). The molecule has 0 aromatic carbocycles. The van der Waals surface area contributed by atoms with Gasteiger partial charge < -0.3 is 26.0 Å². The quantitative estimate of drug-likeness (QED) is 0.499. The number of nitrogens with one attached hydrogen (secondary N) is 1. The summed E-state index contributed by atoms with van der Waals surface area (Å²) in [5, 5.41) is 20.2. The predicted octanol–water partition coefficient (Wildman–Crippen LogP) is -0.529.